The quantitative estimate of drug-likeness (QED) is 0.0272. The molecule has 9 atom stereocenters. The summed E-state index contributed by atoms with van der Waals surface area (Å²) in [6.45, 7) is 3.49. The summed E-state index contributed by atoms with van der Waals surface area (Å²) in [6.07, 6.45) is 46.1. The zero-order chi connectivity index (χ0) is 51.8. The van der Waals surface area contributed by atoms with Crippen LogP contribution in [0.25, 0.3) is 0 Å². The molecule has 11 nitrogen and oxygen atoms in total. The summed E-state index contributed by atoms with van der Waals surface area (Å²) in [6, 6.07) is -1.16. The Hall–Kier alpha value is -0.890. The van der Waals surface area contributed by atoms with Crippen LogP contribution in [-0.2, 0) is 14.3 Å². The van der Waals surface area contributed by atoms with E-state index in [0.29, 0.717) is 19.3 Å². The van der Waals surface area contributed by atoms with Gasteiger partial charge in [-0.05, 0) is 12.8 Å². The normalized spacial score (nSPS) is 20.0. The number of carbonyl (C=O) groups is 1. The zero-order valence-corrected chi connectivity index (χ0v) is 46.5. The Kier molecular flexibility index (Phi) is 47.9. The first kappa shape index (κ1) is 68.1. The molecule has 1 fully saturated rings. The molecule has 0 aromatic rings. The summed E-state index contributed by atoms with van der Waals surface area (Å²) >= 11 is 0. The Balaban J connectivity index is 2.19. The molecule has 424 valence electrons. The molecule has 1 saturated heterocycles. The predicted octanol–water partition coefficient (Wildman–Crippen LogP) is 13.4. The Morgan fingerprint density at radius 3 is 1.04 bits per heavy atom. The molecule has 0 aliphatic carbocycles. The maximum Gasteiger partial charge on any atom is 0.249 e. The topological polar surface area (TPSA) is 189 Å². The highest BCUT2D eigenvalue weighted by atomic mass is 16.7. The number of hydrogen-bond acceptors (Lipinski definition) is 10. The van der Waals surface area contributed by atoms with Crippen LogP contribution in [0.2, 0.25) is 0 Å². The molecule has 1 aliphatic rings. The van der Waals surface area contributed by atoms with E-state index in [2.05, 4.69) is 19.2 Å². The molecule has 8 N–H and O–H groups in total. The van der Waals surface area contributed by atoms with Crippen molar-refractivity contribution in [3.63, 3.8) is 0 Å². The van der Waals surface area contributed by atoms with Crippen LogP contribution in [-0.4, -0.2) is 110 Å². The molecule has 1 rings (SSSR count). The number of carbonyl (C=O) groups excluding carboxylic acids is 1. The van der Waals surface area contributed by atoms with Gasteiger partial charge in [0.1, 0.15) is 36.6 Å². The van der Waals surface area contributed by atoms with E-state index in [1.165, 1.54) is 231 Å². The van der Waals surface area contributed by atoms with Crippen LogP contribution in [0, 0.1) is 0 Å². The Bertz CT molecular complexity index is 1120. The molecule has 0 aromatic carbocycles. The second-order valence-corrected chi connectivity index (χ2v) is 22.1. The lowest BCUT2D eigenvalue weighted by atomic mass is 9.98. The van der Waals surface area contributed by atoms with E-state index < -0.39 is 74.2 Å². The largest absolute Gasteiger partial charge is 0.394 e. The fourth-order valence-electron chi connectivity index (χ4n) is 10.4. The smallest absolute Gasteiger partial charge is 0.249 e. The summed E-state index contributed by atoms with van der Waals surface area (Å²) in [4.78, 5) is 13.2. The van der Waals surface area contributed by atoms with Crippen LogP contribution in [0.15, 0.2) is 0 Å². The van der Waals surface area contributed by atoms with Crippen LogP contribution in [0.4, 0.5) is 0 Å². The monoisotopic (exact) mass is 1010 g/mol. The maximum absolute atomic E-state index is 13.2. The number of aliphatic hydroxyl groups excluding tert-OH is 7. The lowest BCUT2D eigenvalue weighted by Gasteiger charge is -2.40. The lowest BCUT2D eigenvalue weighted by Crippen LogP contribution is -2.60. The number of aliphatic hydroxyl groups is 7. The van der Waals surface area contributed by atoms with Crippen molar-refractivity contribution >= 4 is 5.91 Å². The minimum Gasteiger partial charge on any atom is -0.394 e. The zero-order valence-electron chi connectivity index (χ0n) is 46.5. The van der Waals surface area contributed by atoms with Gasteiger partial charge in [0.2, 0.25) is 5.91 Å². The van der Waals surface area contributed by atoms with Gasteiger partial charge in [-0.25, -0.2) is 0 Å². The minimum atomic E-state index is -1.66. The summed E-state index contributed by atoms with van der Waals surface area (Å²) in [5, 5.41) is 76.1. The molecule has 11 heteroatoms. The highest BCUT2D eigenvalue weighted by molar-refractivity contribution is 5.80. The molecule has 9 unspecified atom stereocenters. The number of amides is 1. The molecular weight excluding hydrogens is 895 g/mol. The standard InChI is InChI=1S/C60H119NO10/c1-3-5-7-9-11-13-15-17-19-20-21-22-23-24-25-26-27-28-29-30-31-32-33-34-36-38-40-42-44-46-48-53(64)59(69)61-51(50-70-60-58(68)57(67)56(66)54(49-62)71-60)55(65)52(63)47-45-43-41-39-37-35-18-16-14-12-10-8-6-4-2/h51-58,60,62-68H,3-50H2,1-2H3,(H,61,69). The third-order valence-electron chi connectivity index (χ3n) is 15.4. The Labute approximate surface area is 437 Å². The SMILES string of the molecule is CCCCCCCCCCCCCCCCCCCCCCCCCCCCCCCCC(O)C(=O)NC(COC1OC(CO)C(O)C(O)C1O)C(O)C(O)CCCCCCCCCCCCCCCC. The molecule has 0 aromatic heterocycles. The second-order valence-electron chi connectivity index (χ2n) is 22.1. The van der Waals surface area contributed by atoms with Crippen LogP contribution < -0.4 is 5.32 Å². The van der Waals surface area contributed by atoms with Crippen molar-refractivity contribution in [2.45, 2.75) is 364 Å². The van der Waals surface area contributed by atoms with Crippen molar-refractivity contribution in [1.29, 1.82) is 0 Å². The molecule has 0 bridgehead atoms. The molecular formula is C60H119NO10. The van der Waals surface area contributed by atoms with Crippen molar-refractivity contribution in [1.82, 2.24) is 5.32 Å². The summed E-state index contributed by atoms with van der Waals surface area (Å²) in [5.41, 5.74) is 0. The number of unbranched alkanes of at least 4 members (excludes halogenated alkanes) is 42. The predicted molar refractivity (Wildman–Crippen MR) is 293 cm³/mol. The van der Waals surface area contributed by atoms with Gasteiger partial charge in [0.15, 0.2) is 6.29 Å². The molecule has 0 spiro atoms. The van der Waals surface area contributed by atoms with Gasteiger partial charge in [0, 0.05) is 0 Å². The maximum atomic E-state index is 13.2. The van der Waals surface area contributed by atoms with Crippen LogP contribution >= 0.6 is 0 Å². The average molecular weight is 1010 g/mol. The first-order valence-electron chi connectivity index (χ1n) is 30.9. The third-order valence-corrected chi connectivity index (χ3v) is 15.4. The van der Waals surface area contributed by atoms with Gasteiger partial charge < -0.3 is 50.5 Å². The summed E-state index contributed by atoms with van der Waals surface area (Å²) in [7, 11) is 0. The van der Waals surface area contributed by atoms with Gasteiger partial charge in [-0.2, -0.15) is 0 Å². The number of rotatable bonds is 54. The van der Waals surface area contributed by atoms with Crippen molar-refractivity contribution in [3.05, 3.63) is 0 Å². The second kappa shape index (κ2) is 50.0. The third kappa shape index (κ3) is 38.3. The number of nitrogens with one attached hydrogen (secondary N) is 1. The number of hydrogen-bond donors (Lipinski definition) is 8. The van der Waals surface area contributed by atoms with Crippen molar-refractivity contribution in [3.8, 4) is 0 Å². The summed E-state index contributed by atoms with van der Waals surface area (Å²) in [5.74, 6) is -0.689. The molecule has 71 heavy (non-hydrogen) atoms. The lowest BCUT2D eigenvalue weighted by molar-refractivity contribution is -0.303. The highest BCUT2D eigenvalue weighted by Crippen LogP contribution is 2.24. The summed E-state index contributed by atoms with van der Waals surface area (Å²) < 4.78 is 11.1. The van der Waals surface area contributed by atoms with Crippen LogP contribution in [0.3, 0.4) is 0 Å². The van der Waals surface area contributed by atoms with Gasteiger partial charge in [0.05, 0.1) is 25.4 Å². The van der Waals surface area contributed by atoms with E-state index in [9.17, 15) is 40.5 Å². The van der Waals surface area contributed by atoms with E-state index >= 15 is 0 Å². The van der Waals surface area contributed by atoms with E-state index in [4.69, 9.17) is 9.47 Å². The van der Waals surface area contributed by atoms with Crippen molar-refractivity contribution in [2.24, 2.45) is 0 Å². The van der Waals surface area contributed by atoms with Crippen LogP contribution in [0.5, 0.6) is 0 Å². The fraction of sp³-hybridized carbons (Fsp3) is 0.983. The van der Waals surface area contributed by atoms with Crippen LogP contribution in [0.1, 0.15) is 309 Å². The molecule has 0 saturated carbocycles. The van der Waals surface area contributed by atoms with Gasteiger partial charge in [-0.3, -0.25) is 4.79 Å². The fourth-order valence-corrected chi connectivity index (χ4v) is 10.4. The first-order chi connectivity index (χ1) is 34.7. The number of ether oxygens (including phenoxy) is 2. The van der Waals surface area contributed by atoms with Gasteiger partial charge >= 0.3 is 0 Å². The molecule has 1 heterocycles. The average Bonchev–Trinajstić information content (AvgIpc) is 3.37. The van der Waals surface area contributed by atoms with Gasteiger partial charge in [0.25, 0.3) is 0 Å². The minimum absolute atomic E-state index is 0.267. The van der Waals surface area contributed by atoms with Gasteiger partial charge in [-0.15, -0.1) is 0 Å². The van der Waals surface area contributed by atoms with E-state index in [1.54, 1.807) is 0 Å². The molecule has 1 amide bonds. The van der Waals surface area contributed by atoms with Crippen molar-refractivity contribution in [2.75, 3.05) is 13.2 Å². The molecule has 0 radical (unpaired) electrons. The van der Waals surface area contributed by atoms with Crippen molar-refractivity contribution < 1.29 is 50.0 Å². The molecule has 1 aliphatic heterocycles. The first-order valence-corrected chi connectivity index (χ1v) is 30.9. The van der Waals surface area contributed by atoms with E-state index in [1.807, 2.05) is 0 Å². The Morgan fingerprint density at radius 2 is 0.732 bits per heavy atom. The van der Waals surface area contributed by atoms with Gasteiger partial charge in [-0.1, -0.05) is 296 Å². The van der Waals surface area contributed by atoms with E-state index in [-0.39, 0.29) is 6.42 Å². The Morgan fingerprint density at radius 1 is 0.437 bits per heavy atom. The highest BCUT2D eigenvalue weighted by Gasteiger charge is 2.44. The van der Waals surface area contributed by atoms with E-state index in [0.717, 1.165) is 38.5 Å².